The number of allylic oxidation sites excluding steroid dienone is 2. The first-order valence-corrected chi connectivity index (χ1v) is 10.2. The third kappa shape index (κ3) is 3.57. The molecule has 1 saturated carbocycles. The quantitative estimate of drug-likeness (QED) is 0.416. The molecular weight excluding hydrogens is 450 g/mol. The SMILES string of the molecule is O=C(O)C1CC2C=CC1(Cc1ccc(C(c3ccc(O)cc3)(C(F)(F)F)C(F)(F)F)cc1)C2. The molecule has 0 radical (unpaired) electrons. The van der Waals surface area contributed by atoms with E-state index in [0.717, 1.165) is 24.3 Å². The van der Waals surface area contributed by atoms with Crippen LogP contribution in [-0.4, -0.2) is 28.5 Å². The molecule has 0 heterocycles. The van der Waals surface area contributed by atoms with E-state index in [1.807, 2.05) is 12.2 Å². The van der Waals surface area contributed by atoms with Gasteiger partial charge in [0.2, 0.25) is 5.41 Å². The Morgan fingerprint density at radius 3 is 1.88 bits per heavy atom. The molecule has 9 heteroatoms. The molecule has 2 bridgehead atoms. The summed E-state index contributed by atoms with van der Waals surface area (Å²) in [4.78, 5) is 11.7. The minimum atomic E-state index is -5.72. The van der Waals surface area contributed by atoms with Crippen LogP contribution in [0.4, 0.5) is 26.3 Å². The highest BCUT2D eigenvalue weighted by atomic mass is 19.4. The summed E-state index contributed by atoms with van der Waals surface area (Å²) in [6.45, 7) is 0. The third-order valence-electron chi connectivity index (χ3n) is 6.94. The van der Waals surface area contributed by atoms with Gasteiger partial charge in [-0.05, 0) is 54.0 Å². The molecule has 3 atom stereocenters. The molecule has 0 saturated heterocycles. The molecule has 3 unspecified atom stereocenters. The van der Waals surface area contributed by atoms with Gasteiger partial charge in [-0.25, -0.2) is 0 Å². The van der Waals surface area contributed by atoms with Crippen LogP contribution in [-0.2, 0) is 16.6 Å². The summed E-state index contributed by atoms with van der Waals surface area (Å²) in [6.07, 6.45) is -6.42. The number of hydrogen-bond donors (Lipinski definition) is 2. The van der Waals surface area contributed by atoms with Crippen molar-refractivity contribution >= 4 is 5.97 Å². The number of halogens is 6. The van der Waals surface area contributed by atoms with Crippen molar-refractivity contribution in [1.82, 2.24) is 0 Å². The fourth-order valence-electron chi connectivity index (χ4n) is 5.46. The molecule has 0 spiro atoms. The zero-order chi connectivity index (χ0) is 24.2. The smallest absolute Gasteiger partial charge is 0.411 e. The number of hydrogen-bond acceptors (Lipinski definition) is 2. The molecule has 176 valence electrons. The average molecular weight is 470 g/mol. The van der Waals surface area contributed by atoms with Gasteiger partial charge in [-0.1, -0.05) is 48.6 Å². The van der Waals surface area contributed by atoms with Gasteiger partial charge >= 0.3 is 18.3 Å². The van der Waals surface area contributed by atoms with E-state index >= 15 is 0 Å². The zero-order valence-electron chi connectivity index (χ0n) is 17.1. The Kier molecular flexibility index (Phi) is 5.29. The van der Waals surface area contributed by atoms with Gasteiger partial charge < -0.3 is 10.2 Å². The maximum Gasteiger partial charge on any atom is 0.411 e. The van der Waals surface area contributed by atoms with Crippen LogP contribution in [0.5, 0.6) is 5.75 Å². The Morgan fingerprint density at radius 1 is 0.909 bits per heavy atom. The Morgan fingerprint density at radius 2 is 1.42 bits per heavy atom. The lowest BCUT2D eigenvalue weighted by atomic mass is 9.71. The monoisotopic (exact) mass is 470 g/mol. The first-order chi connectivity index (χ1) is 15.3. The highest BCUT2D eigenvalue weighted by molar-refractivity contribution is 5.73. The van der Waals surface area contributed by atoms with Gasteiger partial charge in [0.15, 0.2) is 0 Å². The molecule has 33 heavy (non-hydrogen) atoms. The molecule has 2 aromatic rings. The molecule has 2 aromatic carbocycles. The summed E-state index contributed by atoms with van der Waals surface area (Å²) in [5.74, 6) is -1.95. The number of aromatic hydroxyl groups is 1. The third-order valence-corrected chi connectivity index (χ3v) is 6.94. The zero-order valence-corrected chi connectivity index (χ0v) is 17.1. The van der Waals surface area contributed by atoms with Gasteiger partial charge in [-0.2, -0.15) is 26.3 Å². The molecule has 2 aliphatic rings. The van der Waals surface area contributed by atoms with Crippen molar-refractivity contribution in [1.29, 1.82) is 0 Å². The molecule has 0 amide bonds. The maximum atomic E-state index is 14.2. The number of carboxylic acid groups (broad SMARTS) is 1. The number of alkyl halides is 6. The Hall–Kier alpha value is -2.97. The van der Waals surface area contributed by atoms with Gasteiger partial charge in [-0.3, -0.25) is 4.79 Å². The van der Waals surface area contributed by atoms with E-state index in [-0.39, 0.29) is 12.3 Å². The largest absolute Gasteiger partial charge is 0.508 e. The van der Waals surface area contributed by atoms with Crippen LogP contribution < -0.4 is 0 Å². The van der Waals surface area contributed by atoms with Gasteiger partial charge in [0.25, 0.3) is 0 Å². The first kappa shape index (κ1) is 23.2. The highest BCUT2D eigenvalue weighted by Gasteiger charge is 2.72. The summed E-state index contributed by atoms with van der Waals surface area (Å²) in [6, 6.07) is 6.81. The van der Waals surface area contributed by atoms with Crippen molar-refractivity contribution in [3.63, 3.8) is 0 Å². The van der Waals surface area contributed by atoms with Crippen molar-refractivity contribution in [3.8, 4) is 5.75 Å². The number of aliphatic carboxylic acids is 1. The van der Waals surface area contributed by atoms with E-state index in [0.29, 0.717) is 30.5 Å². The number of rotatable bonds is 5. The average Bonchev–Trinajstić information content (AvgIpc) is 3.27. The van der Waals surface area contributed by atoms with Crippen LogP contribution in [0.3, 0.4) is 0 Å². The van der Waals surface area contributed by atoms with Gasteiger partial charge in [0, 0.05) is 5.41 Å². The molecule has 0 aromatic heterocycles. The molecule has 3 nitrogen and oxygen atoms in total. The topological polar surface area (TPSA) is 57.5 Å². The Bertz CT molecular complexity index is 1060. The number of carboxylic acids is 1. The van der Waals surface area contributed by atoms with Gasteiger partial charge in [-0.15, -0.1) is 0 Å². The van der Waals surface area contributed by atoms with Crippen LogP contribution in [0.1, 0.15) is 29.5 Å². The fourth-order valence-corrected chi connectivity index (χ4v) is 5.46. The predicted molar refractivity (Wildman–Crippen MR) is 107 cm³/mol. The molecule has 2 aliphatic carbocycles. The minimum absolute atomic E-state index is 0.114. The van der Waals surface area contributed by atoms with Crippen LogP contribution in [0.2, 0.25) is 0 Å². The van der Waals surface area contributed by atoms with Crippen molar-refractivity contribution in [3.05, 3.63) is 77.4 Å². The molecule has 4 rings (SSSR count). The summed E-state index contributed by atoms with van der Waals surface area (Å²) in [5, 5.41) is 18.9. The lowest BCUT2D eigenvalue weighted by molar-refractivity contribution is -0.288. The van der Waals surface area contributed by atoms with Crippen LogP contribution in [0.15, 0.2) is 60.7 Å². The maximum absolute atomic E-state index is 14.2. The highest BCUT2D eigenvalue weighted by Crippen LogP contribution is 2.57. The molecular formula is C24H20F6O3. The second-order valence-electron chi connectivity index (χ2n) is 8.85. The lowest BCUT2D eigenvalue weighted by Gasteiger charge is -2.38. The van der Waals surface area contributed by atoms with Gasteiger partial charge in [0.05, 0.1) is 5.92 Å². The second-order valence-corrected chi connectivity index (χ2v) is 8.85. The Labute approximate surface area is 185 Å². The van der Waals surface area contributed by atoms with Crippen LogP contribution in [0.25, 0.3) is 0 Å². The van der Waals surface area contributed by atoms with Crippen molar-refractivity contribution in [2.45, 2.75) is 37.0 Å². The number of phenolic OH excluding ortho intramolecular Hbond substituents is 1. The number of fused-ring (bicyclic) bond motifs is 2. The van der Waals surface area contributed by atoms with E-state index in [4.69, 9.17) is 0 Å². The van der Waals surface area contributed by atoms with Crippen LogP contribution >= 0.6 is 0 Å². The summed E-state index contributed by atoms with van der Waals surface area (Å²) >= 11 is 0. The van der Waals surface area contributed by atoms with Crippen molar-refractivity contribution in [2.75, 3.05) is 0 Å². The van der Waals surface area contributed by atoms with E-state index in [9.17, 15) is 41.4 Å². The summed E-state index contributed by atoms with van der Waals surface area (Å²) in [7, 11) is 0. The molecule has 2 N–H and O–H groups in total. The predicted octanol–water partition coefficient (Wildman–Crippen LogP) is 6.01. The molecule has 0 aliphatic heterocycles. The van der Waals surface area contributed by atoms with Crippen molar-refractivity contribution in [2.24, 2.45) is 17.3 Å². The normalized spacial score (nSPS) is 24.9. The Balaban J connectivity index is 1.77. The number of phenols is 1. The lowest BCUT2D eigenvalue weighted by Crippen LogP contribution is -2.54. The van der Waals surface area contributed by atoms with E-state index in [2.05, 4.69) is 0 Å². The van der Waals surface area contributed by atoms with E-state index in [1.54, 1.807) is 0 Å². The van der Waals surface area contributed by atoms with Crippen molar-refractivity contribution < 1.29 is 41.4 Å². The molecule has 1 fully saturated rings. The van der Waals surface area contributed by atoms with E-state index in [1.165, 1.54) is 12.1 Å². The minimum Gasteiger partial charge on any atom is -0.508 e. The van der Waals surface area contributed by atoms with E-state index < -0.39 is 51.9 Å². The van der Waals surface area contributed by atoms with Crippen LogP contribution in [0, 0.1) is 17.3 Å². The fraction of sp³-hybridized carbons (Fsp3) is 0.375. The first-order valence-electron chi connectivity index (χ1n) is 10.2. The second kappa shape index (κ2) is 7.53. The van der Waals surface area contributed by atoms with Gasteiger partial charge in [0.1, 0.15) is 5.75 Å². The number of carbonyl (C=O) groups is 1. The number of benzene rings is 2. The standard InChI is InChI=1S/C24H20F6O3/c25-23(26,27)22(24(28,29)30,17-5-7-18(31)8-6-17)16-3-1-14(2-4-16)12-21-10-9-15(13-21)11-19(21)20(32)33/h1-10,15,19,31H,11-13H2,(H,32,33). The summed E-state index contributed by atoms with van der Waals surface area (Å²) in [5.41, 5.74) is -6.59. The summed E-state index contributed by atoms with van der Waals surface area (Å²) < 4.78 is 85.1.